The maximum absolute atomic E-state index is 13.1. The number of para-hydroxylation sites is 1. The Balaban J connectivity index is 1.77. The number of nitrogens with two attached hydrogens (primary N) is 1. The first kappa shape index (κ1) is 18.2. The van der Waals surface area contributed by atoms with Crippen LogP contribution in [0.4, 0.5) is 5.95 Å². The van der Waals surface area contributed by atoms with Gasteiger partial charge in [0.2, 0.25) is 5.95 Å². The average molecular weight is 408 g/mol. The second-order valence-electron chi connectivity index (χ2n) is 7.63. The summed E-state index contributed by atoms with van der Waals surface area (Å²) in [5, 5.41) is 1.61. The van der Waals surface area contributed by atoms with Crippen molar-refractivity contribution in [3.8, 4) is 0 Å². The molecule has 2 aromatic carbocycles. The van der Waals surface area contributed by atoms with Crippen LogP contribution in [0.2, 0.25) is 5.02 Å². The van der Waals surface area contributed by atoms with E-state index in [2.05, 4.69) is 9.88 Å². The maximum atomic E-state index is 13.1. The monoisotopic (exact) mass is 407 g/mol. The number of benzene rings is 2. The number of anilines is 1. The quantitative estimate of drug-likeness (QED) is 0.544. The number of fused-ring (bicyclic) bond motifs is 3. The van der Waals surface area contributed by atoms with Gasteiger partial charge in [-0.3, -0.25) is 4.79 Å². The van der Waals surface area contributed by atoms with Crippen molar-refractivity contribution in [2.24, 2.45) is 5.73 Å². The molecule has 1 atom stereocenters. The molecule has 0 amide bonds. The summed E-state index contributed by atoms with van der Waals surface area (Å²) in [6, 6.07) is 15.6. The molecule has 0 bridgehead atoms. The van der Waals surface area contributed by atoms with Crippen LogP contribution in [0.15, 0.2) is 53.3 Å². The number of aromatic nitrogens is 3. The Hall–Kier alpha value is -2.83. The van der Waals surface area contributed by atoms with Crippen molar-refractivity contribution in [3.05, 3.63) is 69.5 Å². The van der Waals surface area contributed by atoms with Crippen LogP contribution in [0.5, 0.6) is 0 Å². The molecule has 0 aliphatic carbocycles. The van der Waals surface area contributed by atoms with Crippen molar-refractivity contribution in [2.75, 3.05) is 18.0 Å². The predicted octanol–water partition coefficient (Wildman–Crippen LogP) is 3.51. The van der Waals surface area contributed by atoms with Crippen LogP contribution in [-0.4, -0.2) is 33.7 Å². The summed E-state index contributed by atoms with van der Waals surface area (Å²) >= 11 is 6.44. The largest absolute Gasteiger partial charge is 0.341 e. The van der Waals surface area contributed by atoms with Gasteiger partial charge in [0.05, 0.1) is 12.1 Å². The van der Waals surface area contributed by atoms with Gasteiger partial charge in [0, 0.05) is 29.5 Å². The Morgan fingerprint density at radius 2 is 1.97 bits per heavy atom. The van der Waals surface area contributed by atoms with E-state index in [9.17, 15) is 4.79 Å². The molecule has 1 fully saturated rings. The molecule has 0 spiro atoms. The highest BCUT2D eigenvalue weighted by atomic mass is 35.5. The van der Waals surface area contributed by atoms with Crippen LogP contribution in [0.1, 0.15) is 18.4 Å². The van der Waals surface area contributed by atoms with E-state index in [4.69, 9.17) is 22.3 Å². The zero-order valence-electron chi connectivity index (χ0n) is 15.9. The van der Waals surface area contributed by atoms with Gasteiger partial charge >= 0.3 is 0 Å². The third-order valence-corrected chi connectivity index (χ3v) is 5.99. The zero-order chi connectivity index (χ0) is 20.0. The number of hydrogen-bond acceptors (Lipinski definition) is 4. The van der Waals surface area contributed by atoms with E-state index in [0.29, 0.717) is 22.6 Å². The number of nitrogens with one attached hydrogen (secondary N) is 1. The molecule has 3 heterocycles. The highest BCUT2D eigenvalue weighted by molar-refractivity contribution is 6.31. The van der Waals surface area contributed by atoms with Crippen molar-refractivity contribution >= 4 is 39.5 Å². The maximum Gasteiger partial charge on any atom is 0.274 e. The van der Waals surface area contributed by atoms with E-state index in [-0.39, 0.29) is 11.6 Å². The summed E-state index contributed by atoms with van der Waals surface area (Å²) in [6.45, 7) is 2.07. The van der Waals surface area contributed by atoms with Crippen molar-refractivity contribution < 1.29 is 0 Å². The van der Waals surface area contributed by atoms with Gasteiger partial charge in [-0.05, 0) is 30.5 Å². The highest BCUT2D eigenvalue weighted by Crippen LogP contribution is 2.29. The van der Waals surface area contributed by atoms with E-state index in [0.717, 1.165) is 48.3 Å². The van der Waals surface area contributed by atoms with Gasteiger partial charge in [0.15, 0.2) is 0 Å². The number of aromatic amines is 1. The number of piperidine rings is 1. The average Bonchev–Trinajstić information content (AvgIpc) is 3.10. The minimum atomic E-state index is -0.147. The number of pyridine rings is 1. The molecule has 148 valence electrons. The van der Waals surface area contributed by atoms with E-state index in [1.165, 1.54) is 0 Å². The molecular weight excluding hydrogens is 386 g/mol. The number of H-pyrrole nitrogens is 1. The van der Waals surface area contributed by atoms with Gasteiger partial charge < -0.3 is 20.2 Å². The van der Waals surface area contributed by atoms with E-state index in [1.807, 2.05) is 53.1 Å². The van der Waals surface area contributed by atoms with Crippen LogP contribution in [0.25, 0.3) is 21.9 Å². The Labute approximate surface area is 172 Å². The Bertz CT molecular complexity index is 1260. The summed E-state index contributed by atoms with van der Waals surface area (Å²) < 4.78 is 1.99. The lowest BCUT2D eigenvalue weighted by Gasteiger charge is -2.32. The molecule has 2 aromatic heterocycles. The number of imidazole rings is 1. The Kier molecular flexibility index (Phi) is 4.53. The van der Waals surface area contributed by atoms with Crippen molar-refractivity contribution in [1.82, 2.24) is 14.5 Å². The fourth-order valence-corrected chi connectivity index (χ4v) is 4.41. The summed E-state index contributed by atoms with van der Waals surface area (Å²) in [5.41, 5.74) is 9.10. The second kappa shape index (κ2) is 7.21. The molecule has 1 aliphatic rings. The van der Waals surface area contributed by atoms with Gasteiger partial charge in [-0.1, -0.05) is 48.0 Å². The van der Waals surface area contributed by atoms with E-state index < -0.39 is 0 Å². The first-order chi connectivity index (χ1) is 14.1. The number of hydrogen-bond donors (Lipinski definition) is 2. The molecule has 1 unspecified atom stereocenters. The molecule has 4 aromatic rings. The van der Waals surface area contributed by atoms with Crippen molar-refractivity contribution in [1.29, 1.82) is 0 Å². The fourth-order valence-electron chi connectivity index (χ4n) is 4.22. The molecule has 29 heavy (non-hydrogen) atoms. The number of halogens is 1. The second-order valence-corrected chi connectivity index (χ2v) is 8.04. The molecule has 0 radical (unpaired) electrons. The molecule has 1 aliphatic heterocycles. The molecule has 7 heteroatoms. The van der Waals surface area contributed by atoms with E-state index >= 15 is 0 Å². The highest BCUT2D eigenvalue weighted by Gasteiger charge is 2.25. The standard InChI is InChI=1S/C22H22ClN5O/c23-17-9-3-1-6-14(17)12-28-20-19(16-8-2-4-10-18(16)25-21(20)29)26-22(28)27-11-5-7-15(24)13-27/h1-4,6,8-10,15H,5,7,11-13,24H2,(H,25,29). The normalized spacial score (nSPS) is 17.3. The SMILES string of the molecule is NC1CCCN(c2nc3c4ccccc4[nH]c(=O)c3n2Cc2ccccc2Cl)C1. The van der Waals surface area contributed by atoms with Gasteiger partial charge in [-0.25, -0.2) is 4.98 Å². The molecule has 3 N–H and O–H groups in total. The van der Waals surface area contributed by atoms with Gasteiger partial charge in [-0.15, -0.1) is 0 Å². The minimum Gasteiger partial charge on any atom is -0.341 e. The molecule has 5 rings (SSSR count). The summed E-state index contributed by atoms with van der Waals surface area (Å²) in [6.07, 6.45) is 2.01. The first-order valence-corrected chi connectivity index (χ1v) is 10.2. The molecule has 0 saturated carbocycles. The Morgan fingerprint density at radius 3 is 2.79 bits per heavy atom. The van der Waals surface area contributed by atoms with Crippen LogP contribution in [-0.2, 0) is 6.54 Å². The lowest BCUT2D eigenvalue weighted by atomic mass is 10.1. The van der Waals surface area contributed by atoms with Gasteiger partial charge in [-0.2, -0.15) is 0 Å². The Morgan fingerprint density at radius 1 is 1.17 bits per heavy atom. The van der Waals surface area contributed by atoms with Gasteiger partial charge in [0.25, 0.3) is 5.56 Å². The lowest BCUT2D eigenvalue weighted by Crippen LogP contribution is -2.44. The predicted molar refractivity (Wildman–Crippen MR) is 118 cm³/mol. The summed E-state index contributed by atoms with van der Waals surface area (Å²) in [7, 11) is 0. The third kappa shape index (κ3) is 3.18. The number of rotatable bonds is 3. The minimum absolute atomic E-state index is 0.104. The van der Waals surface area contributed by atoms with E-state index in [1.54, 1.807) is 0 Å². The fraction of sp³-hybridized carbons (Fsp3) is 0.273. The smallest absolute Gasteiger partial charge is 0.274 e. The van der Waals surface area contributed by atoms with Crippen LogP contribution in [0, 0.1) is 0 Å². The van der Waals surface area contributed by atoms with Crippen molar-refractivity contribution in [2.45, 2.75) is 25.4 Å². The molecule has 1 saturated heterocycles. The van der Waals surface area contributed by atoms with Crippen molar-refractivity contribution in [3.63, 3.8) is 0 Å². The van der Waals surface area contributed by atoms with Crippen LogP contribution < -0.4 is 16.2 Å². The first-order valence-electron chi connectivity index (χ1n) is 9.87. The topological polar surface area (TPSA) is 79.9 Å². The molecular formula is C22H22ClN5O. The third-order valence-electron chi connectivity index (χ3n) is 5.62. The van der Waals surface area contributed by atoms with Gasteiger partial charge in [0.1, 0.15) is 11.0 Å². The zero-order valence-corrected chi connectivity index (χ0v) is 16.7. The summed E-state index contributed by atoms with van der Waals surface area (Å²) in [4.78, 5) is 23.2. The van der Waals surface area contributed by atoms with Crippen LogP contribution in [0.3, 0.4) is 0 Å². The number of nitrogens with zero attached hydrogens (tertiary/aromatic N) is 3. The van der Waals surface area contributed by atoms with Crippen LogP contribution >= 0.6 is 11.6 Å². The lowest BCUT2D eigenvalue weighted by molar-refractivity contribution is 0.495. The summed E-state index contributed by atoms with van der Waals surface area (Å²) in [5.74, 6) is 0.775. The molecule has 6 nitrogen and oxygen atoms in total.